The van der Waals surface area contributed by atoms with Crippen molar-refractivity contribution < 1.29 is 0 Å². The SMILES string of the molecule is CN=C(NCC(c1ccc(C)cc1)N(C)C)N1CCCC(C)C1. The molecule has 1 aliphatic rings. The van der Waals surface area contributed by atoms with E-state index in [1.54, 1.807) is 0 Å². The van der Waals surface area contributed by atoms with Gasteiger partial charge in [-0.25, -0.2) is 0 Å². The predicted molar refractivity (Wildman–Crippen MR) is 98.9 cm³/mol. The van der Waals surface area contributed by atoms with Crippen LogP contribution in [0.1, 0.15) is 36.9 Å². The van der Waals surface area contributed by atoms with Crippen LogP contribution in [0, 0.1) is 12.8 Å². The monoisotopic (exact) mass is 316 g/mol. The lowest BCUT2D eigenvalue weighted by atomic mass is 10.0. The minimum absolute atomic E-state index is 0.342. The molecule has 1 aromatic carbocycles. The molecule has 0 aliphatic carbocycles. The summed E-state index contributed by atoms with van der Waals surface area (Å²) in [6, 6.07) is 9.18. The van der Waals surface area contributed by atoms with Gasteiger partial charge in [0.25, 0.3) is 0 Å². The third-order valence-corrected chi connectivity index (χ3v) is 4.71. The molecule has 0 aromatic heterocycles. The van der Waals surface area contributed by atoms with Crippen LogP contribution in [0.4, 0.5) is 0 Å². The number of nitrogens with zero attached hydrogens (tertiary/aromatic N) is 3. The lowest BCUT2D eigenvalue weighted by molar-refractivity contribution is 0.258. The second kappa shape index (κ2) is 8.34. The Balaban J connectivity index is 2.01. The first-order chi connectivity index (χ1) is 11.0. The minimum Gasteiger partial charge on any atom is -0.354 e. The summed E-state index contributed by atoms with van der Waals surface area (Å²) in [7, 11) is 6.16. The standard InChI is InChI=1S/C19H32N4/c1-15-8-10-17(11-9-15)18(22(4)5)13-21-19(20-3)23-12-6-7-16(2)14-23/h8-11,16,18H,6-7,12-14H2,1-5H3,(H,20,21). The van der Waals surface area contributed by atoms with E-state index < -0.39 is 0 Å². The largest absolute Gasteiger partial charge is 0.354 e. The maximum atomic E-state index is 4.50. The molecule has 4 nitrogen and oxygen atoms in total. The molecule has 1 heterocycles. The number of benzene rings is 1. The first-order valence-electron chi connectivity index (χ1n) is 8.70. The maximum absolute atomic E-state index is 4.50. The number of hydrogen-bond acceptors (Lipinski definition) is 2. The number of aliphatic imine (C=N–C) groups is 1. The van der Waals surface area contributed by atoms with Gasteiger partial charge in [0.1, 0.15) is 0 Å². The highest BCUT2D eigenvalue weighted by atomic mass is 15.3. The summed E-state index contributed by atoms with van der Waals surface area (Å²) in [5.74, 6) is 1.79. The fourth-order valence-corrected chi connectivity index (χ4v) is 3.29. The summed E-state index contributed by atoms with van der Waals surface area (Å²) >= 11 is 0. The van der Waals surface area contributed by atoms with E-state index in [1.807, 2.05) is 7.05 Å². The lowest BCUT2D eigenvalue weighted by Gasteiger charge is -2.35. The number of hydrogen-bond donors (Lipinski definition) is 1. The van der Waals surface area contributed by atoms with Crippen LogP contribution in [0.15, 0.2) is 29.3 Å². The van der Waals surface area contributed by atoms with E-state index in [2.05, 4.69) is 72.3 Å². The summed E-state index contributed by atoms with van der Waals surface area (Å²) in [6.45, 7) is 7.55. The van der Waals surface area contributed by atoms with Crippen molar-refractivity contribution in [3.8, 4) is 0 Å². The van der Waals surface area contributed by atoms with Crippen LogP contribution in [0.25, 0.3) is 0 Å². The molecule has 2 rings (SSSR count). The number of likely N-dealkylation sites (N-methyl/N-ethyl adjacent to an activating group) is 1. The van der Waals surface area contributed by atoms with E-state index in [0.717, 1.165) is 31.5 Å². The Hall–Kier alpha value is -1.55. The highest BCUT2D eigenvalue weighted by Crippen LogP contribution is 2.19. The van der Waals surface area contributed by atoms with E-state index in [1.165, 1.54) is 24.0 Å². The third kappa shape index (κ3) is 4.96. The van der Waals surface area contributed by atoms with Crippen LogP contribution in [-0.4, -0.2) is 56.5 Å². The smallest absolute Gasteiger partial charge is 0.193 e. The lowest BCUT2D eigenvalue weighted by Crippen LogP contribution is -2.48. The normalized spacial score (nSPS) is 20.7. The molecule has 0 amide bonds. The van der Waals surface area contributed by atoms with Crippen LogP contribution in [0.3, 0.4) is 0 Å². The van der Waals surface area contributed by atoms with Crippen LogP contribution in [0.5, 0.6) is 0 Å². The number of nitrogens with one attached hydrogen (secondary N) is 1. The molecule has 0 radical (unpaired) electrons. The molecule has 4 heteroatoms. The predicted octanol–water partition coefficient (Wildman–Crippen LogP) is 2.91. The van der Waals surface area contributed by atoms with Crippen molar-refractivity contribution in [3.05, 3.63) is 35.4 Å². The Kier molecular flexibility index (Phi) is 6.46. The summed E-state index contributed by atoms with van der Waals surface area (Å²) in [5, 5.41) is 3.59. The van der Waals surface area contributed by atoms with Crippen molar-refractivity contribution >= 4 is 5.96 Å². The first kappa shape index (κ1) is 17.8. The number of piperidine rings is 1. The molecule has 128 valence electrons. The quantitative estimate of drug-likeness (QED) is 0.684. The van der Waals surface area contributed by atoms with Gasteiger partial charge in [0, 0.05) is 26.7 Å². The molecule has 2 unspecified atom stereocenters. The van der Waals surface area contributed by atoms with Crippen LogP contribution >= 0.6 is 0 Å². The molecular formula is C19H32N4. The summed E-state index contributed by atoms with van der Waals surface area (Å²) in [6.07, 6.45) is 2.59. The molecular weight excluding hydrogens is 284 g/mol. The number of likely N-dealkylation sites (tertiary alicyclic amines) is 1. The average Bonchev–Trinajstić information content (AvgIpc) is 2.52. The van der Waals surface area contributed by atoms with E-state index in [4.69, 9.17) is 0 Å². The summed E-state index contributed by atoms with van der Waals surface area (Å²) < 4.78 is 0. The van der Waals surface area contributed by atoms with Crippen LogP contribution < -0.4 is 5.32 Å². The van der Waals surface area contributed by atoms with Crippen molar-refractivity contribution in [2.75, 3.05) is 40.8 Å². The topological polar surface area (TPSA) is 30.9 Å². The Morgan fingerprint density at radius 1 is 1.35 bits per heavy atom. The molecule has 23 heavy (non-hydrogen) atoms. The average molecular weight is 316 g/mol. The second-order valence-corrected chi connectivity index (χ2v) is 7.01. The van der Waals surface area contributed by atoms with Gasteiger partial charge in [-0.1, -0.05) is 36.8 Å². The molecule has 1 fully saturated rings. The van der Waals surface area contributed by atoms with Gasteiger partial charge in [0.15, 0.2) is 5.96 Å². The van der Waals surface area contributed by atoms with Gasteiger partial charge in [-0.15, -0.1) is 0 Å². The molecule has 1 aromatic rings. The van der Waals surface area contributed by atoms with Crippen LogP contribution in [0.2, 0.25) is 0 Å². The van der Waals surface area contributed by atoms with Gasteiger partial charge < -0.3 is 15.1 Å². The zero-order valence-corrected chi connectivity index (χ0v) is 15.3. The highest BCUT2D eigenvalue weighted by molar-refractivity contribution is 5.80. The van der Waals surface area contributed by atoms with Crippen molar-refractivity contribution in [1.29, 1.82) is 0 Å². The van der Waals surface area contributed by atoms with Crippen molar-refractivity contribution in [2.24, 2.45) is 10.9 Å². The Bertz CT molecular complexity index is 507. The fourth-order valence-electron chi connectivity index (χ4n) is 3.29. The zero-order chi connectivity index (χ0) is 16.8. The first-order valence-corrected chi connectivity index (χ1v) is 8.70. The fraction of sp³-hybridized carbons (Fsp3) is 0.632. The maximum Gasteiger partial charge on any atom is 0.193 e. The minimum atomic E-state index is 0.342. The van der Waals surface area contributed by atoms with Gasteiger partial charge >= 0.3 is 0 Å². The highest BCUT2D eigenvalue weighted by Gasteiger charge is 2.21. The summed E-state index contributed by atoms with van der Waals surface area (Å²) in [4.78, 5) is 9.16. The third-order valence-electron chi connectivity index (χ3n) is 4.71. The molecule has 0 bridgehead atoms. The molecule has 0 spiro atoms. The number of aryl methyl sites for hydroxylation is 1. The summed E-state index contributed by atoms with van der Waals surface area (Å²) in [5.41, 5.74) is 2.65. The van der Waals surface area contributed by atoms with Gasteiger partial charge in [-0.05, 0) is 45.3 Å². The molecule has 0 saturated carbocycles. The van der Waals surface area contributed by atoms with Crippen molar-refractivity contribution in [2.45, 2.75) is 32.7 Å². The van der Waals surface area contributed by atoms with Crippen molar-refractivity contribution in [1.82, 2.24) is 15.1 Å². The van der Waals surface area contributed by atoms with E-state index in [9.17, 15) is 0 Å². The van der Waals surface area contributed by atoms with Gasteiger partial charge in [-0.2, -0.15) is 0 Å². The van der Waals surface area contributed by atoms with Gasteiger partial charge in [0.2, 0.25) is 0 Å². The Labute approximate surface area is 141 Å². The van der Waals surface area contributed by atoms with Gasteiger partial charge in [-0.3, -0.25) is 4.99 Å². The van der Waals surface area contributed by atoms with Crippen molar-refractivity contribution in [3.63, 3.8) is 0 Å². The van der Waals surface area contributed by atoms with E-state index in [0.29, 0.717) is 6.04 Å². The van der Waals surface area contributed by atoms with E-state index >= 15 is 0 Å². The molecule has 1 N–H and O–H groups in total. The van der Waals surface area contributed by atoms with Crippen LogP contribution in [-0.2, 0) is 0 Å². The molecule has 1 saturated heterocycles. The molecule has 2 atom stereocenters. The Morgan fingerprint density at radius 2 is 2.04 bits per heavy atom. The molecule has 1 aliphatic heterocycles. The van der Waals surface area contributed by atoms with Gasteiger partial charge in [0.05, 0.1) is 6.04 Å². The number of guanidine groups is 1. The number of rotatable bonds is 4. The van der Waals surface area contributed by atoms with E-state index in [-0.39, 0.29) is 0 Å². The second-order valence-electron chi connectivity index (χ2n) is 7.01. The zero-order valence-electron chi connectivity index (χ0n) is 15.3. The Morgan fingerprint density at radius 3 is 2.61 bits per heavy atom.